The lowest BCUT2D eigenvalue weighted by Crippen LogP contribution is -1.86. The minimum atomic E-state index is 1.13. The van der Waals surface area contributed by atoms with Gasteiger partial charge in [-0.3, -0.25) is 0 Å². The number of rotatable bonds is 5. The summed E-state index contributed by atoms with van der Waals surface area (Å²) in [5, 5.41) is 0. The Hall–Kier alpha value is -2.60. The van der Waals surface area contributed by atoms with E-state index in [1.165, 1.54) is 34.2 Å². The van der Waals surface area contributed by atoms with Crippen LogP contribution >= 0.6 is 0 Å². The van der Waals surface area contributed by atoms with Gasteiger partial charge in [0.25, 0.3) is 0 Å². The topological polar surface area (TPSA) is 0 Å². The Morgan fingerprint density at radius 1 is 0.696 bits per heavy atom. The molecule has 0 fully saturated rings. The number of benzene rings is 3. The molecule has 0 atom stereocenters. The lowest BCUT2D eigenvalue weighted by molar-refractivity contribution is 0.962. The molecule has 0 aliphatic heterocycles. The van der Waals surface area contributed by atoms with Gasteiger partial charge in [0, 0.05) is 0 Å². The van der Waals surface area contributed by atoms with Crippen LogP contribution < -0.4 is 0 Å². The van der Waals surface area contributed by atoms with Gasteiger partial charge in [0.15, 0.2) is 0 Å². The third-order valence-corrected chi connectivity index (χ3v) is 3.98. The molecule has 114 valence electrons. The number of allylic oxidation sites excluding steroid dienone is 1. The zero-order valence-corrected chi connectivity index (χ0v) is 13.6. The molecule has 0 aromatic heterocycles. The van der Waals surface area contributed by atoms with Crippen LogP contribution in [0.15, 0.2) is 84.9 Å². The summed E-state index contributed by atoms with van der Waals surface area (Å²) in [5.74, 6) is 0. The van der Waals surface area contributed by atoms with Crippen LogP contribution in [0.1, 0.15) is 25.3 Å². The van der Waals surface area contributed by atoms with Crippen LogP contribution in [0.2, 0.25) is 0 Å². The van der Waals surface area contributed by atoms with E-state index in [-0.39, 0.29) is 0 Å². The molecule has 0 nitrogen and oxygen atoms in total. The molecule has 3 rings (SSSR count). The Morgan fingerprint density at radius 3 is 1.91 bits per heavy atom. The summed E-state index contributed by atoms with van der Waals surface area (Å²) >= 11 is 0. The van der Waals surface area contributed by atoms with E-state index >= 15 is 0 Å². The van der Waals surface area contributed by atoms with E-state index in [2.05, 4.69) is 97.9 Å². The maximum Gasteiger partial charge on any atom is -0.00995 e. The van der Waals surface area contributed by atoms with Crippen molar-refractivity contribution >= 4 is 6.08 Å². The minimum absolute atomic E-state index is 1.13. The fourth-order valence-electron chi connectivity index (χ4n) is 2.78. The second kappa shape index (κ2) is 7.60. The third kappa shape index (κ3) is 3.78. The molecule has 0 aliphatic rings. The van der Waals surface area contributed by atoms with E-state index < -0.39 is 0 Å². The Morgan fingerprint density at radius 2 is 1.30 bits per heavy atom. The van der Waals surface area contributed by atoms with E-state index in [9.17, 15) is 0 Å². The van der Waals surface area contributed by atoms with E-state index in [1.807, 2.05) is 0 Å². The molecule has 0 spiro atoms. The van der Waals surface area contributed by atoms with Crippen molar-refractivity contribution in [3.05, 3.63) is 90.5 Å². The van der Waals surface area contributed by atoms with Crippen molar-refractivity contribution in [2.24, 2.45) is 0 Å². The molecular formula is C23H22. The highest BCUT2D eigenvalue weighted by Gasteiger charge is 2.07. The highest BCUT2D eigenvalue weighted by atomic mass is 14.1. The second-order valence-corrected chi connectivity index (χ2v) is 5.73. The molecule has 0 saturated carbocycles. The molecule has 0 aliphatic carbocycles. The Kier molecular flexibility index (Phi) is 5.06. The number of hydrogen-bond acceptors (Lipinski definition) is 0. The fourth-order valence-corrected chi connectivity index (χ4v) is 2.78. The molecule has 23 heavy (non-hydrogen) atoms. The van der Waals surface area contributed by atoms with Crippen LogP contribution in [0, 0.1) is 0 Å². The Bertz CT molecular complexity index is 768. The van der Waals surface area contributed by atoms with Crippen LogP contribution in [0.3, 0.4) is 0 Å². The Labute approximate surface area is 139 Å². The van der Waals surface area contributed by atoms with Crippen LogP contribution in [0.5, 0.6) is 0 Å². The monoisotopic (exact) mass is 298 g/mol. The van der Waals surface area contributed by atoms with E-state index in [1.54, 1.807) is 0 Å². The maximum absolute atomic E-state index is 2.30. The third-order valence-electron chi connectivity index (χ3n) is 3.98. The van der Waals surface area contributed by atoms with Gasteiger partial charge >= 0.3 is 0 Å². The van der Waals surface area contributed by atoms with Gasteiger partial charge in [-0.25, -0.2) is 0 Å². The van der Waals surface area contributed by atoms with E-state index in [0.717, 1.165) is 6.42 Å². The summed E-state index contributed by atoms with van der Waals surface area (Å²) in [7, 11) is 0. The summed E-state index contributed by atoms with van der Waals surface area (Å²) in [4.78, 5) is 0. The number of unbranched alkanes of at least 4 members (excludes halogenated alkanes) is 1. The molecule has 0 radical (unpaired) electrons. The van der Waals surface area contributed by atoms with Gasteiger partial charge in [-0.1, -0.05) is 98.3 Å². The van der Waals surface area contributed by atoms with Gasteiger partial charge in [-0.05, 0) is 40.3 Å². The summed E-state index contributed by atoms with van der Waals surface area (Å²) in [6.45, 7) is 2.21. The van der Waals surface area contributed by atoms with Gasteiger partial charge in [-0.2, -0.15) is 0 Å². The first-order valence-electron chi connectivity index (χ1n) is 8.30. The molecule has 0 bridgehead atoms. The van der Waals surface area contributed by atoms with Crippen LogP contribution in [0.4, 0.5) is 0 Å². The first-order chi connectivity index (χ1) is 11.4. The quantitative estimate of drug-likeness (QED) is 0.484. The lowest BCUT2D eigenvalue weighted by Gasteiger charge is -2.11. The summed E-state index contributed by atoms with van der Waals surface area (Å²) in [6.07, 6.45) is 6.79. The molecular weight excluding hydrogens is 276 g/mol. The zero-order chi connectivity index (χ0) is 15.9. The highest BCUT2D eigenvalue weighted by Crippen LogP contribution is 2.33. The normalized spacial score (nSPS) is 11.0. The van der Waals surface area contributed by atoms with Crippen molar-refractivity contribution in [3.8, 4) is 22.3 Å². The second-order valence-electron chi connectivity index (χ2n) is 5.73. The number of hydrogen-bond donors (Lipinski definition) is 0. The average molecular weight is 298 g/mol. The standard InChI is InChI=1S/C23H22/c1-2-3-6-11-19-16-17-22(20-12-7-4-8-13-20)23(18-19)21-14-9-5-10-15-21/h4-18H,2-3H2,1H3. The molecule has 0 heteroatoms. The molecule has 3 aromatic rings. The van der Waals surface area contributed by atoms with Gasteiger partial charge in [0.05, 0.1) is 0 Å². The van der Waals surface area contributed by atoms with E-state index in [0.29, 0.717) is 0 Å². The van der Waals surface area contributed by atoms with Crippen molar-refractivity contribution in [3.63, 3.8) is 0 Å². The first kappa shape index (κ1) is 15.3. The van der Waals surface area contributed by atoms with Crippen molar-refractivity contribution in [2.45, 2.75) is 19.8 Å². The van der Waals surface area contributed by atoms with Gasteiger partial charge in [0.1, 0.15) is 0 Å². The van der Waals surface area contributed by atoms with Crippen LogP contribution in [-0.2, 0) is 0 Å². The van der Waals surface area contributed by atoms with Crippen LogP contribution in [-0.4, -0.2) is 0 Å². The highest BCUT2D eigenvalue weighted by molar-refractivity contribution is 5.85. The summed E-state index contributed by atoms with van der Waals surface area (Å²) < 4.78 is 0. The summed E-state index contributed by atoms with van der Waals surface area (Å²) in [5.41, 5.74) is 6.35. The first-order valence-corrected chi connectivity index (χ1v) is 8.30. The predicted molar refractivity (Wildman–Crippen MR) is 101 cm³/mol. The van der Waals surface area contributed by atoms with Gasteiger partial charge < -0.3 is 0 Å². The lowest BCUT2D eigenvalue weighted by atomic mass is 9.92. The summed E-state index contributed by atoms with van der Waals surface area (Å²) in [6, 6.07) is 28.0. The fraction of sp³-hybridized carbons (Fsp3) is 0.130. The van der Waals surface area contributed by atoms with Crippen LogP contribution in [0.25, 0.3) is 28.3 Å². The molecule has 0 N–H and O–H groups in total. The average Bonchev–Trinajstić information content (AvgIpc) is 2.63. The van der Waals surface area contributed by atoms with Gasteiger partial charge in [-0.15, -0.1) is 0 Å². The van der Waals surface area contributed by atoms with Crippen molar-refractivity contribution < 1.29 is 0 Å². The van der Waals surface area contributed by atoms with Crippen molar-refractivity contribution in [2.75, 3.05) is 0 Å². The predicted octanol–water partition coefficient (Wildman–Crippen LogP) is 6.83. The Balaban J connectivity index is 2.09. The van der Waals surface area contributed by atoms with Crippen molar-refractivity contribution in [1.82, 2.24) is 0 Å². The smallest absolute Gasteiger partial charge is 0.00995 e. The molecule has 3 aromatic carbocycles. The molecule has 0 amide bonds. The SMILES string of the molecule is CCCC=Cc1ccc(-c2ccccc2)c(-c2ccccc2)c1. The maximum atomic E-state index is 2.30. The molecule has 0 unspecified atom stereocenters. The van der Waals surface area contributed by atoms with Gasteiger partial charge in [0.2, 0.25) is 0 Å². The largest absolute Gasteiger partial charge is 0.0840 e. The zero-order valence-electron chi connectivity index (χ0n) is 13.6. The molecule has 0 saturated heterocycles. The van der Waals surface area contributed by atoms with Crippen molar-refractivity contribution in [1.29, 1.82) is 0 Å². The minimum Gasteiger partial charge on any atom is -0.0840 e. The molecule has 0 heterocycles. The van der Waals surface area contributed by atoms with E-state index in [4.69, 9.17) is 0 Å².